The van der Waals surface area contributed by atoms with E-state index in [1.54, 1.807) is 0 Å². The molecule has 2 aromatic rings. The summed E-state index contributed by atoms with van der Waals surface area (Å²) in [6, 6.07) is 14.4. The van der Waals surface area contributed by atoms with Crippen LogP contribution in [0.3, 0.4) is 0 Å². The van der Waals surface area contributed by atoms with Gasteiger partial charge in [-0.25, -0.2) is 0 Å². The van der Waals surface area contributed by atoms with Crippen molar-refractivity contribution in [3.63, 3.8) is 0 Å². The van der Waals surface area contributed by atoms with Crippen LogP contribution in [0.1, 0.15) is 23.1 Å². The second kappa shape index (κ2) is 9.53. The van der Waals surface area contributed by atoms with Crippen LogP contribution >= 0.6 is 0 Å². The van der Waals surface area contributed by atoms with Crippen molar-refractivity contribution < 1.29 is 9.53 Å². The molecule has 1 fully saturated rings. The Hall–Kier alpha value is -2.37. The molecule has 2 N–H and O–H groups in total. The minimum absolute atomic E-state index is 0.0235. The number of rotatable bonds is 7. The topological polar surface area (TPSA) is 53.6 Å². The van der Waals surface area contributed by atoms with Gasteiger partial charge in [-0.1, -0.05) is 18.2 Å². The summed E-state index contributed by atoms with van der Waals surface area (Å²) in [5.41, 5.74) is 5.58. The average Bonchev–Trinajstić information content (AvgIpc) is 2.62. The van der Waals surface area contributed by atoms with E-state index in [4.69, 9.17) is 4.74 Å². The Labute approximate surface area is 161 Å². The molecule has 2 aromatic carbocycles. The van der Waals surface area contributed by atoms with Gasteiger partial charge in [-0.05, 0) is 54.8 Å². The number of hydrogen-bond acceptors (Lipinski definition) is 4. The van der Waals surface area contributed by atoms with Crippen molar-refractivity contribution in [1.29, 1.82) is 0 Å². The Kier molecular flexibility index (Phi) is 6.85. The fourth-order valence-corrected chi connectivity index (χ4v) is 3.39. The molecule has 0 aromatic heterocycles. The van der Waals surface area contributed by atoms with E-state index in [-0.39, 0.29) is 5.91 Å². The predicted molar refractivity (Wildman–Crippen MR) is 110 cm³/mol. The molecule has 0 bridgehead atoms. The van der Waals surface area contributed by atoms with Gasteiger partial charge in [0.1, 0.15) is 0 Å². The smallest absolute Gasteiger partial charge is 0.226 e. The lowest BCUT2D eigenvalue weighted by atomic mass is 10.1. The third-order valence-electron chi connectivity index (χ3n) is 4.62. The van der Waals surface area contributed by atoms with Gasteiger partial charge in [0.15, 0.2) is 0 Å². The second-order valence-electron chi connectivity index (χ2n) is 7.19. The van der Waals surface area contributed by atoms with Crippen molar-refractivity contribution >= 4 is 17.3 Å². The number of ether oxygens (including phenoxy) is 1. The van der Waals surface area contributed by atoms with Crippen LogP contribution in [0, 0.1) is 13.8 Å². The molecule has 144 valence electrons. The van der Waals surface area contributed by atoms with Gasteiger partial charge < -0.3 is 15.4 Å². The third kappa shape index (κ3) is 6.38. The van der Waals surface area contributed by atoms with E-state index in [0.29, 0.717) is 13.0 Å². The molecule has 0 atom stereocenters. The molecule has 0 saturated carbocycles. The van der Waals surface area contributed by atoms with E-state index in [0.717, 1.165) is 44.2 Å². The zero-order valence-electron chi connectivity index (χ0n) is 16.3. The minimum atomic E-state index is 0.0235. The van der Waals surface area contributed by atoms with Crippen LogP contribution in [-0.2, 0) is 16.1 Å². The van der Waals surface area contributed by atoms with Gasteiger partial charge in [-0.2, -0.15) is 0 Å². The number of morpholine rings is 1. The maximum absolute atomic E-state index is 12.3. The average molecular weight is 367 g/mol. The summed E-state index contributed by atoms with van der Waals surface area (Å²) >= 11 is 0. The Balaban J connectivity index is 1.46. The Morgan fingerprint density at radius 2 is 1.78 bits per heavy atom. The quantitative estimate of drug-likeness (QED) is 0.785. The number of nitrogens with zero attached hydrogens (tertiary/aromatic N) is 1. The summed E-state index contributed by atoms with van der Waals surface area (Å²) in [6.07, 6.45) is 0.431. The summed E-state index contributed by atoms with van der Waals surface area (Å²) in [7, 11) is 0. The lowest BCUT2D eigenvalue weighted by Gasteiger charge is -2.26. The molecular weight excluding hydrogens is 338 g/mol. The number of hydrogen-bond donors (Lipinski definition) is 2. The summed E-state index contributed by atoms with van der Waals surface area (Å²) < 4.78 is 5.39. The molecule has 0 aliphatic carbocycles. The fourth-order valence-electron chi connectivity index (χ4n) is 3.39. The number of anilines is 2. The summed E-state index contributed by atoms with van der Waals surface area (Å²) in [6.45, 7) is 9.17. The van der Waals surface area contributed by atoms with Gasteiger partial charge in [0.25, 0.3) is 0 Å². The molecule has 3 rings (SSSR count). The highest BCUT2D eigenvalue weighted by Gasteiger charge is 2.11. The van der Waals surface area contributed by atoms with Crippen molar-refractivity contribution in [2.24, 2.45) is 0 Å². The van der Waals surface area contributed by atoms with Crippen LogP contribution in [0.4, 0.5) is 11.4 Å². The summed E-state index contributed by atoms with van der Waals surface area (Å²) in [5, 5.41) is 6.34. The highest BCUT2D eigenvalue weighted by molar-refractivity contribution is 5.91. The first-order chi connectivity index (χ1) is 13.1. The zero-order valence-corrected chi connectivity index (χ0v) is 16.3. The van der Waals surface area contributed by atoms with Gasteiger partial charge in [0.05, 0.1) is 13.2 Å². The first kappa shape index (κ1) is 19.4. The molecule has 1 amide bonds. The highest BCUT2D eigenvalue weighted by Crippen LogP contribution is 2.15. The molecule has 0 unspecified atom stereocenters. The van der Waals surface area contributed by atoms with Crippen LogP contribution in [0.5, 0.6) is 0 Å². The van der Waals surface area contributed by atoms with Crippen molar-refractivity contribution in [3.8, 4) is 0 Å². The molecule has 0 spiro atoms. The van der Waals surface area contributed by atoms with E-state index in [2.05, 4.69) is 59.7 Å². The number of carbonyl (C=O) groups is 1. The molecule has 27 heavy (non-hydrogen) atoms. The van der Waals surface area contributed by atoms with E-state index in [9.17, 15) is 4.79 Å². The molecule has 1 heterocycles. The number of benzene rings is 2. The second-order valence-corrected chi connectivity index (χ2v) is 7.19. The number of carbonyl (C=O) groups excluding carboxylic acids is 1. The van der Waals surface area contributed by atoms with Gasteiger partial charge in [-0.15, -0.1) is 0 Å². The standard InChI is InChI=1S/C22H29N3O2/c1-17-12-18(2)14-21(13-17)23-7-6-22(26)24-20-5-3-4-19(15-20)16-25-8-10-27-11-9-25/h3-5,12-15,23H,6-11,16H2,1-2H3,(H,24,26). The van der Waals surface area contributed by atoms with Crippen LogP contribution < -0.4 is 10.6 Å². The van der Waals surface area contributed by atoms with Gasteiger partial charge >= 0.3 is 0 Å². The molecular formula is C22H29N3O2. The zero-order chi connectivity index (χ0) is 19.1. The number of nitrogens with one attached hydrogen (secondary N) is 2. The first-order valence-corrected chi connectivity index (χ1v) is 9.59. The summed E-state index contributed by atoms with van der Waals surface area (Å²) in [4.78, 5) is 14.6. The van der Waals surface area contributed by atoms with E-state index in [1.807, 2.05) is 12.1 Å². The lowest BCUT2D eigenvalue weighted by Crippen LogP contribution is -2.35. The lowest BCUT2D eigenvalue weighted by molar-refractivity contribution is -0.115. The van der Waals surface area contributed by atoms with Gasteiger partial charge in [-0.3, -0.25) is 9.69 Å². The van der Waals surface area contributed by atoms with Crippen LogP contribution in [0.2, 0.25) is 0 Å². The van der Waals surface area contributed by atoms with E-state index in [1.165, 1.54) is 16.7 Å². The van der Waals surface area contributed by atoms with Crippen LogP contribution in [0.15, 0.2) is 42.5 Å². The largest absolute Gasteiger partial charge is 0.385 e. The maximum Gasteiger partial charge on any atom is 0.226 e. The van der Waals surface area contributed by atoms with Crippen LogP contribution in [-0.4, -0.2) is 43.7 Å². The molecule has 1 aliphatic rings. The van der Waals surface area contributed by atoms with Crippen molar-refractivity contribution in [1.82, 2.24) is 4.90 Å². The third-order valence-corrected chi connectivity index (χ3v) is 4.62. The number of aryl methyl sites for hydroxylation is 2. The minimum Gasteiger partial charge on any atom is -0.385 e. The van der Waals surface area contributed by atoms with E-state index < -0.39 is 0 Å². The maximum atomic E-state index is 12.3. The Morgan fingerprint density at radius 1 is 1.04 bits per heavy atom. The molecule has 0 radical (unpaired) electrons. The monoisotopic (exact) mass is 367 g/mol. The molecule has 5 nitrogen and oxygen atoms in total. The normalized spacial score (nSPS) is 14.7. The first-order valence-electron chi connectivity index (χ1n) is 9.59. The Morgan fingerprint density at radius 3 is 2.52 bits per heavy atom. The van der Waals surface area contributed by atoms with Crippen molar-refractivity contribution in [2.75, 3.05) is 43.5 Å². The number of amides is 1. The summed E-state index contributed by atoms with van der Waals surface area (Å²) in [5.74, 6) is 0.0235. The predicted octanol–water partition coefficient (Wildman–Crippen LogP) is 3.58. The molecule has 1 saturated heterocycles. The van der Waals surface area contributed by atoms with Crippen LogP contribution in [0.25, 0.3) is 0 Å². The highest BCUT2D eigenvalue weighted by atomic mass is 16.5. The van der Waals surface area contributed by atoms with Crippen molar-refractivity contribution in [2.45, 2.75) is 26.8 Å². The SMILES string of the molecule is Cc1cc(C)cc(NCCC(=O)Nc2cccc(CN3CCOCC3)c2)c1. The van der Waals surface area contributed by atoms with Gasteiger partial charge in [0, 0.05) is 44.0 Å². The Bertz CT molecular complexity index is 750. The molecule has 1 aliphatic heterocycles. The van der Waals surface area contributed by atoms with E-state index >= 15 is 0 Å². The van der Waals surface area contributed by atoms with Crippen molar-refractivity contribution in [3.05, 3.63) is 59.2 Å². The van der Waals surface area contributed by atoms with Gasteiger partial charge in [0.2, 0.25) is 5.91 Å². The fraction of sp³-hybridized carbons (Fsp3) is 0.409. The molecule has 5 heteroatoms.